The molecule has 2 N–H and O–H groups in total. The zero-order valence-electron chi connectivity index (χ0n) is 16.7. The van der Waals surface area contributed by atoms with Crippen molar-refractivity contribution >= 4 is 18.2 Å². The van der Waals surface area contributed by atoms with E-state index < -0.39 is 5.41 Å². The van der Waals surface area contributed by atoms with Crippen molar-refractivity contribution < 1.29 is 29.3 Å². The molecule has 0 saturated heterocycles. The van der Waals surface area contributed by atoms with E-state index in [9.17, 15) is 14.4 Å². The highest BCUT2D eigenvalue weighted by atomic mass is 16.5. The fourth-order valence-corrected chi connectivity index (χ4v) is 2.74. The number of carbonyl (C=O) groups excluding carboxylic acids is 3. The van der Waals surface area contributed by atoms with E-state index in [1.165, 1.54) is 0 Å². The zero-order valence-corrected chi connectivity index (χ0v) is 16.7. The van der Waals surface area contributed by atoms with Crippen molar-refractivity contribution in [3.8, 4) is 11.5 Å². The van der Waals surface area contributed by atoms with E-state index in [-0.39, 0.29) is 23.3 Å². The van der Waals surface area contributed by atoms with Crippen LogP contribution in [0.25, 0.3) is 0 Å². The third-order valence-corrected chi connectivity index (χ3v) is 4.79. The lowest BCUT2D eigenvalue weighted by molar-refractivity contribution is -0.145. The average molecular weight is 380 g/mol. The largest absolute Gasteiger partial charge is 0.426 e. The molecular weight excluding hydrogens is 348 g/mol. The molecule has 0 amide bonds. The van der Waals surface area contributed by atoms with Gasteiger partial charge in [-0.15, -0.1) is 0 Å². The number of carbonyl (C=O) groups is 3. The van der Waals surface area contributed by atoms with E-state index in [1.54, 1.807) is 24.3 Å². The van der Waals surface area contributed by atoms with Crippen LogP contribution in [0.15, 0.2) is 24.3 Å². The van der Waals surface area contributed by atoms with Crippen molar-refractivity contribution in [1.82, 2.24) is 0 Å². The van der Waals surface area contributed by atoms with E-state index in [0.29, 0.717) is 37.2 Å². The average Bonchev–Trinajstić information content (AvgIpc) is 2.64. The lowest BCUT2D eigenvalue weighted by atomic mass is 9.83. The first kappa shape index (κ1) is 24.8. The first-order valence-corrected chi connectivity index (χ1v) is 9.37. The molecule has 0 fully saturated rings. The Morgan fingerprint density at radius 2 is 1.63 bits per heavy atom. The number of benzene rings is 1. The van der Waals surface area contributed by atoms with Crippen molar-refractivity contribution in [1.29, 1.82) is 0 Å². The monoisotopic (exact) mass is 380 g/mol. The summed E-state index contributed by atoms with van der Waals surface area (Å²) >= 11 is 0. The molecule has 2 unspecified atom stereocenters. The topological polar surface area (TPSA) is 101 Å². The van der Waals surface area contributed by atoms with Crippen molar-refractivity contribution in [3.05, 3.63) is 24.3 Å². The molecule has 2 atom stereocenters. The molecule has 0 aromatic heterocycles. The second kappa shape index (κ2) is 12.2. The summed E-state index contributed by atoms with van der Waals surface area (Å²) in [4.78, 5) is 35.0. The molecule has 6 heteroatoms. The summed E-state index contributed by atoms with van der Waals surface area (Å²) in [6, 6.07) is 6.45. The maximum absolute atomic E-state index is 12.4. The summed E-state index contributed by atoms with van der Waals surface area (Å²) in [6.45, 7) is 7.83. The first-order chi connectivity index (χ1) is 12.4. The van der Waals surface area contributed by atoms with Crippen molar-refractivity contribution in [2.75, 3.05) is 0 Å². The molecule has 0 aliphatic heterocycles. The minimum absolute atomic E-state index is 0. The Hall–Kier alpha value is -2.21. The van der Waals surface area contributed by atoms with Gasteiger partial charge in [0.25, 0.3) is 0 Å². The van der Waals surface area contributed by atoms with Crippen LogP contribution in [-0.4, -0.2) is 23.7 Å². The number of ether oxygens (including phenoxy) is 2. The van der Waals surface area contributed by atoms with Gasteiger partial charge in [0.2, 0.25) is 0 Å². The van der Waals surface area contributed by atoms with Gasteiger partial charge in [-0.2, -0.15) is 0 Å². The lowest BCUT2D eigenvalue weighted by Gasteiger charge is -2.25. The standard InChI is InChI=1S/C21H30O5.H2O/c1-5-14-21(4,7-3)20(24)26-18-12-10-17(11-13-18)25-19(23)16(6-2)9-8-15-22;/h10-13,15-16H,5-9,14H2,1-4H3;1H2. The Labute approximate surface area is 161 Å². The summed E-state index contributed by atoms with van der Waals surface area (Å²) in [5.41, 5.74) is -0.493. The van der Waals surface area contributed by atoms with Gasteiger partial charge in [-0.25, -0.2) is 0 Å². The van der Waals surface area contributed by atoms with E-state index >= 15 is 0 Å². The third-order valence-electron chi connectivity index (χ3n) is 4.79. The molecular formula is C21H32O6. The van der Waals surface area contributed by atoms with Crippen LogP contribution in [0.3, 0.4) is 0 Å². The maximum Gasteiger partial charge on any atom is 0.317 e. The van der Waals surface area contributed by atoms with Gasteiger partial charge < -0.3 is 19.7 Å². The fourth-order valence-electron chi connectivity index (χ4n) is 2.74. The molecule has 0 bridgehead atoms. The molecule has 1 aromatic carbocycles. The highest BCUT2D eigenvalue weighted by Gasteiger charge is 2.32. The van der Waals surface area contributed by atoms with Crippen LogP contribution < -0.4 is 9.47 Å². The predicted octanol–water partition coefficient (Wildman–Crippen LogP) is 3.89. The summed E-state index contributed by atoms with van der Waals surface area (Å²) in [5.74, 6) is -0.0612. The van der Waals surface area contributed by atoms with Gasteiger partial charge in [0.15, 0.2) is 0 Å². The molecule has 0 spiro atoms. The second-order valence-electron chi connectivity index (χ2n) is 6.80. The van der Waals surface area contributed by atoms with Gasteiger partial charge in [-0.1, -0.05) is 27.2 Å². The molecule has 6 nitrogen and oxygen atoms in total. The number of hydrogen-bond donors (Lipinski definition) is 0. The Kier molecular flexibility index (Phi) is 11.2. The molecule has 0 aliphatic rings. The predicted molar refractivity (Wildman–Crippen MR) is 104 cm³/mol. The quantitative estimate of drug-likeness (QED) is 0.329. The number of esters is 2. The van der Waals surface area contributed by atoms with Gasteiger partial charge in [-0.3, -0.25) is 9.59 Å². The van der Waals surface area contributed by atoms with Gasteiger partial charge in [0.1, 0.15) is 17.8 Å². The third kappa shape index (κ3) is 7.51. The summed E-state index contributed by atoms with van der Waals surface area (Å²) < 4.78 is 10.8. The van der Waals surface area contributed by atoms with E-state index in [2.05, 4.69) is 0 Å². The van der Waals surface area contributed by atoms with E-state index in [1.807, 2.05) is 27.7 Å². The number of hydrogen-bond acceptors (Lipinski definition) is 5. The molecule has 0 aliphatic carbocycles. The first-order valence-electron chi connectivity index (χ1n) is 9.37. The Bertz CT molecular complexity index is 595. The zero-order chi connectivity index (χ0) is 19.6. The van der Waals surface area contributed by atoms with Crippen molar-refractivity contribution in [3.63, 3.8) is 0 Å². The fraction of sp³-hybridized carbons (Fsp3) is 0.571. The maximum atomic E-state index is 12.4. The van der Waals surface area contributed by atoms with Crippen LogP contribution in [-0.2, 0) is 14.4 Å². The number of rotatable bonds is 11. The SMILES string of the molecule is CCCC(C)(CC)C(=O)Oc1ccc(OC(=O)C(CC)CCC=O)cc1.O. The van der Waals surface area contributed by atoms with Crippen molar-refractivity contribution in [2.45, 2.75) is 66.2 Å². The molecule has 0 heterocycles. The highest BCUT2D eigenvalue weighted by molar-refractivity contribution is 5.79. The molecule has 152 valence electrons. The molecule has 1 rings (SSSR count). The van der Waals surface area contributed by atoms with Crippen LogP contribution in [0, 0.1) is 11.3 Å². The minimum atomic E-state index is -0.493. The van der Waals surface area contributed by atoms with Crippen LogP contribution in [0.4, 0.5) is 0 Å². The summed E-state index contributed by atoms with van der Waals surface area (Å²) in [7, 11) is 0. The van der Waals surface area contributed by atoms with Gasteiger partial charge >= 0.3 is 11.9 Å². The van der Waals surface area contributed by atoms with E-state index in [4.69, 9.17) is 9.47 Å². The Balaban J connectivity index is 0.00000676. The van der Waals surface area contributed by atoms with Crippen molar-refractivity contribution in [2.24, 2.45) is 11.3 Å². The normalized spacial score (nSPS) is 13.6. The van der Waals surface area contributed by atoms with E-state index in [0.717, 1.165) is 19.1 Å². The van der Waals surface area contributed by atoms with Gasteiger partial charge in [0, 0.05) is 6.42 Å². The Morgan fingerprint density at radius 3 is 2.07 bits per heavy atom. The van der Waals surface area contributed by atoms with Crippen LogP contribution in [0.2, 0.25) is 0 Å². The Morgan fingerprint density at radius 1 is 1.07 bits per heavy atom. The molecule has 0 saturated carbocycles. The van der Waals surface area contributed by atoms with Gasteiger partial charge in [-0.05, 0) is 56.9 Å². The van der Waals surface area contributed by atoms with Crippen LogP contribution in [0.1, 0.15) is 66.2 Å². The highest BCUT2D eigenvalue weighted by Crippen LogP contribution is 2.30. The smallest absolute Gasteiger partial charge is 0.317 e. The number of aldehydes is 1. The molecule has 0 radical (unpaired) electrons. The minimum Gasteiger partial charge on any atom is -0.426 e. The summed E-state index contributed by atoms with van der Waals surface area (Å²) in [5, 5.41) is 0. The van der Waals surface area contributed by atoms with Gasteiger partial charge in [0.05, 0.1) is 11.3 Å². The summed E-state index contributed by atoms with van der Waals surface area (Å²) in [6.07, 6.45) is 4.66. The molecule has 1 aromatic rings. The van der Waals surface area contributed by atoms with Crippen LogP contribution in [0.5, 0.6) is 11.5 Å². The van der Waals surface area contributed by atoms with Crippen LogP contribution >= 0.6 is 0 Å². The second-order valence-corrected chi connectivity index (χ2v) is 6.80. The molecule has 27 heavy (non-hydrogen) atoms. The lowest BCUT2D eigenvalue weighted by Crippen LogP contribution is -2.31.